The van der Waals surface area contributed by atoms with Gasteiger partial charge in [-0.25, -0.2) is 9.48 Å². The molecule has 0 aliphatic carbocycles. The maximum atomic E-state index is 12.8. The average molecular weight is 348 g/mol. The molecule has 0 atom stereocenters. The summed E-state index contributed by atoms with van der Waals surface area (Å²) in [6.45, 7) is 0.0909. The molecule has 1 heterocycles. The Kier molecular flexibility index (Phi) is 4.79. The molecule has 0 aliphatic rings. The Morgan fingerprint density at radius 2 is 2.09 bits per heavy atom. The third kappa shape index (κ3) is 4.13. The number of amides is 2. The van der Waals surface area contributed by atoms with E-state index < -0.39 is 11.7 Å². The molecular weight excluding hydrogens is 335 g/mol. The van der Waals surface area contributed by atoms with E-state index in [2.05, 4.69) is 15.6 Å². The Balaban J connectivity index is 2.22. The molecule has 124 valence electrons. The number of hydrogen-bond acceptors (Lipinski definition) is 3. The fourth-order valence-electron chi connectivity index (χ4n) is 1.69. The van der Waals surface area contributed by atoms with Crippen LogP contribution in [0.15, 0.2) is 24.4 Å². The van der Waals surface area contributed by atoms with Crippen molar-refractivity contribution in [1.29, 1.82) is 0 Å². The van der Waals surface area contributed by atoms with Gasteiger partial charge in [0.25, 0.3) is 0 Å². The molecule has 10 heteroatoms. The lowest BCUT2D eigenvalue weighted by Crippen LogP contribution is -2.34. The first-order valence-electron chi connectivity index (χ1n) is 6.42. The summed E-state index contributed by atoms with van der Waals surface area (Å²) >= 11 is 5.93. The largest absolute Gasteiger partial charge is 0.416 e. The molecule has 0 unspecified atom stereocenters. The van der Waals surface area contributed by atoms with Gasteiger partial charge in [-0.2, -0.15) is 13.2 Å². The normalized spacial score (nSPS) is 11.4. The fourth-order valence-corrected chi connectivity index (χ4v) is 1.89. The quantitative estimate of drug-likeness (QED) is 0.928. The monoisotopic (exact) mass is 347 g/mol. The Morgan fingerprint density at radius 3 is 2.70 bits per heavy atom. The average Bonchev–Trinajstić information content (AvgIpc) is 2.92. The fraction of sp³-hybridized carbons (Fsp3) is 0.308. The van der Waals surface area contributed by atoms with Crippen LogP contribution in [0.1, 0.15) is 11.3 Å². The van der Waals surface area contributed by atoms with Crippen LogP contribution in [-0.2, 0) is 12.7 Å². The van der Waals surface area contributed by atoms with Crippen LogP contribution in [0.3, 0.4) is 0 Å². The van der Waals surface area contributed by atoms with Crippen LogP contribution < -0.4 is 5.32 Å². The number of aromatic nitrogens is 3. The smallest absolute Gasteiger partial charge is 0.332 e. The van der Waals surface area contributed by atoms with E-state index in [0.717, 1.165) is 22.9 Å². The van der Waals surface area contributed by atoms with E-state index in [1.807, 2.05) is 0 Å². The van der Waals surface area contributed by atoms with Gasteiger partial charge in [0.2, 0.25) is 0 Å². The summed E-state index contributed by atoms with van der Waals surface area (Å²) in [6, 6.07) is 2.60. The molecule has 0 saturated heterocycles. The molecule has 2 aromatic rings. The van der Waals surface area contributed by atoms with Crippen LogP contribution in [0.5, 0.6) is 0 Å². The highest BCUT2D eigenvalue weighted by atomic mass is 35.5. The maximum absolute atomic E-state index is 12.8. The molecular formula is C13H13ClF3N5O. The summed E-state index contributed by atoms with van der Waals surface area (Å²) in [5, 5.41) is 10.2. The van der Waals surface area contributed by atoms with E-state index in [4.69, 9.17) is 11.6 Å². The lowest BCUT2D eigenvalue weighted by Gasteiger charge is -2.10. The van der Waals surface area contributed by atoms with Crippen LogP contribution in [0.2, 0.25) is 5.02 Å². The number of rotatable bonds is 3. The highest BCUT2D eigenvalue weighted by molar-refractivity contribution is 6.32. The number of benzene rings is 1. The SMILES string of the molecule is CN(C)C(=O)NCc1cn(-c2cc(C(F)(F)F)ccc2Cl)nn1. The Bertz CT molecular complexity index is 714. The minimum Gasteiger partial charge on any atom is -0.332 e. The lowest BCUT2D eigenvalue weighted by atomic mass is 10.2. The van der Waals surface area contributed by atoms with E-state index in [1.54, 1.807) is 14.1 Å². The number of alkyl halides is 3. The van der Waals surface area contributed by atoms with Crippen molar-refractivity contribution in [3.63, 3.8) is 0 Å². The van der Waals surface area contributed by atoms with Crippen molar-refractivity contribution < 1.29 is 18.0 Å². The zero-order valence-corrected chi connectivity index (χ0v) is 13.0. The number of nitrogens with one attached hydrogen (secondary N) is 1. The summed E-state index contributed by atoms with van der Waals surface area (Å²) in [5.74, 6) is 0. The summed E-state index contributed by atoms with van der Waals surface area (Å²) in [5.41, 5.74) is -0.400. The number of carbonyl (C=O) groups is 1. The predicted molar refractivity (Wildman–Crippen MR) is 77.3 cm³/mol. The predicted octanol–water partition coefficient (Wildman–Crippen LogP) is 2.71. The first-order chi connectivity index (χ1) is 10.7. The number of urea groups is 1. The van der Waals surface area contributed by atoms with Crippen molar-refractivity contribution in [1.82, 2.24) is 25.2 Å². The Morgan fingerprint density at radius 1 is 1.39 bits per heavy atom. The maximum Gasteiger partial charge on any atom is 0.416 e. The molecule has 2 rings (SSSR count). The van der Waals surface area contributed by atoms with Gasteiger partial charge in [0, 0.05) is 14.1 Å². The van der Waals surface area contributed by atoms with Gasteiger partial charge in [-0.3, -0.25) is 0 Å². The minimum absolute atomic E-state index is 0.0548. The van der Waals surface area contributed by atoms with Crippen molar-refractivity contribution in [2.45, 2.75) is 12.7 Å². The van der Waals surface area contributed by atoms with Crippen LogP contribution in [0.25, 0.3) is 5.69 Å². The van der Waals surface area contributed by atoms with Gasteiger partial charge >= 0.3 is 12.2 Å². The molecule has 0 bridgehead atoms. The first-order valence-corrected chi connectivity index (χ1v) is 6.80. The van der Waals surface area contributed by atoms with Gasteiger partial charge in [0.15, 0.2) is 0 Å². The second-order valence-corrected chi connectivity index (χ2v) is 5.28. The number of carbonyl (C=O) groups excluding carboxylic acids is 1. The van der Waals surface area contributed by atoms with E-state index in [-0.39, 0.29) is 23.3 Å². The van der Waals surface area contributed by atoms with Gasteiger partial charge in [-0.1, -0.05) is 16.8 Å². The van der Waals surface area contributed by atoms with Crippen molar-refractivity contribution in [3.8, 4) is 5.69 Å². The second kappa shape index (κ2) is 6.45. The van der Waals surface area contributed by atoms with Gasteiger partial charge in [0.05, 0.1) is 29.0 Å². The molecule has 23 heavy (non-hydrogen) atoms. The van der Waals surface area contributed by atoms with Crippen molar-refractivity contribution in [3.05, 3.63) is 40.7 Å². The summed E-state index contributed by atoms with van der Waals surface area (Å²) in [7, 11) is 3.16. The second-order valence-electron chi connectivity index (χ2n) is 4.87. The highest BCUT2D eigenvalue weighted by Gasteiger charge is 2.31. The van der Waals surface area contributed by atoms with E-state index in [0.29, 0.717) is 5.69 Å². The van der Waals surface area contributed by atoms with E-state index in [1.165, 1.54) is 11.1 Å². The molecule has 0 spiro atoms. The van der Waals surface area contributed by atoms with Crippen LogP contribution in [-0.4, -0.2) is 40.0 Å². The molecule has 1 N–H and O–H groups in total. The van der Waals surface area contributed by atoms with Gasteiger partial charge < -0.3 is 10.2 Å². The van der Waals surface area contributed by atoms with Gasteiger partial charge in [0.1, 0.15) is 5.69 Å². The number of halogens is 4. The van der Waals surface area contributed by atoms with E-state index in [9.17, 15) is 18.0 Å². The van der Waals surface area contributed by atoms with Gasteiger partial charge in [-0.05, 0) is 18.2 Å². The third-order valence-corrected chi connectivity index (χ3v) is 3.21. The Labute approximate surface area is 134 Å². The summed E-state index contributed by atoms with van der Waals surface area (Å²) < 4.78 is 39.4. The number of hydrogen-bond donors (Lipinski definition) is 1. The molecule has 0 radical (unpaired) electrons. The zero-order valence-electron chi connectivity index (χ0n) is 12.2. The molecule has 2 amide bonds. The van der Waals surface area contributed by atoms with Crippen LogP contribution in [0, 0.1) is 0 Å². The summed E-state index contributed by atoms with van der Waals surface area (Å²) in [6.07, 6.45) is -3.08. The molecule has 0 saturated carbocycles. The number of nitrogens with zero attached hydrogens (tertiary/aromatic N) is 4. The Hall–Kier alpha value is -2.29. The minimum atomic E-state index is -4.48. The third-order valence-electron chi connectivity index (χ3n) is 2.89. The highest BCUT2D eigenvalue weighted by Crippen LogP contribution is 2.32. The molecule has 1 aromatic heterocycles. The van der Waals surface area contributed by atoms with Crippen molar-refractivity contribution in [2.24, 2.45) is 0 Å². The molecule has 1 aromatic carbocycles. The summed E-state index contributed by atoms with van der Waals surface area (Å²) in [4.78, 5) is 12.8. The standard InChI is InChI=1S/C13H13ClF3N5O/c1-21(2)12(23)18-6-9-7-22(20-19-9)11-5-8(13(15,16)17)3-4-10(11)14/h3-5,7H,6H2,1-2H3,(H,18,23). The zero-order chi connectivity index (χ0) is 17.2. The topological polar surface area (TPSA) is 63.1 Å². The van der Waals surface area contributed by atoms with Crippen molar-refractivity contribution in [2.75, 3.05) is 14.1 Å². The first kappa shape index (κ1) is 17.1. The molecule has 6 nitrogen and oxygen atoms in total. The lowest BCUT2D eigenvalue weighted by molar-refractivity contribution is -0.137. The van der Waals surface area contributed by atoms with E-state index >= 15 is 0 Å². The molecule has 0 fully saturated rings. The van der Waals surface area contributed by atoms with Gasteiger partial charge in [-0.15, -0.1) is 5.10 Å². The van der Waals surface area contributed by atoms with Crippen LogP contribution in [0.4, 0.5) is 18.0 Å². The molecule has 0 aliphatic heterocycles. The van der Waals surface area contributed by atoms with Crippen LogP contribution >= 0.6 is 11.6 Å². The van der Waals surface area contributed by atoms with Crippen molar-refractivity contribution >= 4 is 17.6 Å².